The van der Waals surface area contributed by atoms with E-state index in [1.54, 1.807) is 12.1 Å². The SMILES string of the molecule is O=P1(Oc2c(F)c(F)c(F)c(F)c2F)OCc2ccccc2O1. The molecule has 0 saturated heterocycles. The predicted molar refractivity (Wildman–Crippen MR) is 66.3 cm³/mol. The first kappa shape index (κ1) is 15.8. The lowest BCUT2D eigenvalue weighted by molar-refractivity contribution is 0.175. The maximum Gasteiger partial charge on any atom is 0.588 e. The second-order valence-electron chi connectivity index (χ2n) is 4.41. The number of halogens is 5. The zero-order valence-electron chi connectivity index (χ0n) is 11.0. The van der Waals surface area contributed by atoms with Gasteiger partial charge in [0.1, 0.15) is 5.75 Å². The van der Waals surface area contributed by atoms with Crippen molar-refractivity contribution in [2.45, 2.75) is 6.61 Å². The Balaban J connectivity index is 1.99. The number of rotatable bonds is 2. The molecule has 0 N–H and O–H groups in total. The van der Waals surface area contributed by atoms with Gasteiger partial charge in [0, 0.05) is 5.56 Å². The van der Waals surface area contributed by atoms with E-state index in [0.717, 1.165) is 0 Å². The zero-order chi connectivity index (χ0) is 16.8. The summed E-state index contributed by atoms with van der Waals surface area (Å²) in [5, 5.41) is 0. The van der Waals surface area contributed by atoms with E-state index in [1.807, 2.05) is 0 Å². The number of hydrogen-bond acceptors (Lipinski definition) is 4. The van der Waals surface area contributed by atoms with Crippen LogP contribution in [-0.4, -0.2) is 0 Å². The molecule has 23 heavy (non-hydrogen) atoms. The Hall–Kier alpha value is -2.12. The van der Waals surface area contributed by atoms with E-state index in [9.17, 15) is 26.5 Å². The highest BCUT2D eigenvalue weighted by molar-refractivity contribution is 7.49. The Morgan fingerprint density at radius 1 is 0.913 bits per heavy atom. The van der Waals surface area contributed by atoms with Crippen LogP contribution in [0.3, 0.4) is 0 Å². The van der Waals surface area contributed by atoms with Crippen LogP contribution in [0.2, 0.25) is 0 Å². The van der Waals surface area contributed by atoms with Gasteiger partial charge in [0.15, 0.2) is 0 Å². The van der Waals surface area contributed by atoms with Gasteiger partial charge in [0.2, 0.25) is 34.8 Å². The molecule has 0 aliphatic carbocycles. The fourth-order valence-electron chi connectivity index (χ4n) is 1.83. The monoisotopic (exact) mass is 352 g/mol. The lowest BCUT2D eigenvalue weighted by Gasteiger charge is -2.25. The molecule has 0 saturated carbocycles. The first-order valence-electron chi connectivity index (χ1n) is 6.05. The van der Waals surface area contributed by atoms with Crippen molar-refractivity contribution in [3.63, 3.8) is 0 Å². The summed E-state index contributed by atoms with van der Waals surface area (Å²) < 4.78 is 92.5. The second-order valence-corrected chi connectivity index (χ2v) is 5.93. The molecular formula is C13H6F5O4P. The van der Waals surface area contributed by atoms with Gasteiger partial charge in [0.25, 0.3) is 0 Å². The van der Waals surface area contributed by atoms with Crippen LogP contribution in [0.15, 0.2) is 24.3 Å². The first-order valence-corrected chi connectivity index (χ1v) is 7.51. The minimum atomic E-state index is -4.61. The number of fused-ring (bicyclic) bond motifs is 1. The van der Waals surface area contributed by atoms with E-state index >= 15 is 0 Å². The Bertz CT molecular complexity index is 812. The average Bonchev–Trinajstić information content (AvgIpc) is 2.55. The van der Waals surface area contributed by atoms with E-state index in [0.29, 0.717) is 5.56 Å². The van der Waals surface area contributed by atoms with E-state index in [1.165, 1.54) is 12.1 Å². The molecule has 122 valence electrons. The lowest BCUT2D eigenvalue weighted by Crippen LogP contribution is -2.14. The summed E-state index contributed by atoms with van der Waals surface area (Å²) in [7, 11) is -4.61. The molecule has 1 unspecified atom stereocenters. The third-order valence-corrected chi connectivity index (χ3v) is 4.21. The summed E-state index contributed by atoms with van der Waals surface area (Å²) in [6, 6.07) is 6.10. The van der Waals surface area contributed by atoms with Crippen LogP contribution in [0.1, 0.15) is 5.56 Å². The van der Waals surface area contributed by atoms with Gasteiger partial charge in [-0.1, -0.05) is 18.2 Å². The minimum absolute atomic E-state index is 0.0472. The van der Waals surface area contributed by atoms with Gasteiger partial charge in [0.05, 0.1) is 6.61 Å². The normalized spacial score (nSPS) is 19.9. The summed E-state index contributed by atoms with van der Waals surface area (Å²) in [6.07, 6.45) is 0. The molecule has 0 radical (unpaired) electrons. The summed E-state index contributed by atoms with van der Waals surface area (Å²) in [5.74, 6) is -13.1. The van der Waals surface area contributed by atoms with Crippen LogP contribution >= 0.6 is 7.82 Å². The molecule has 0 bridgehead atoms. The van der Waals surface area contributed by atoms with E-state index in [2.05, 4.69) is 4.52 Å². The van der Waals surface area contributed by atoms with Crippen molar-refractivity contribution in [2.75, 3.05) is 0 Å². The topological polar surface area (TPSA) is 44.8 Å². The Labute approximate surface area is 126 Å². The van der Waals surface area contributed by atoms with Crippen LogP contribution in [0, 0.1) is 29.1 Å². The molecule has 1 aliphatic heterocycles. The van der Waals surface area contributed by atoms with Crippen molar-refractivity contribution in [1.29, 1.82) is 0 Å². The van der Waals surface area contributed by atoms with Crippen molar-refractivity contribution in [3.05, 3.63) is 58.9 Å². The molecule has 0 aromatic heterocycles. The quantitative estimate of drug-likeness (QED) is 0.346. The van der Waals surface area contributed by atoms with Gasteiger partial charge in [-0.25, -0.2) is 17.7 Å². The van der Waals surface area contributed by atoms with Gasteiger partial charge in [-0.2, -0.15) is 8.78 Å². The van der Waals surface area contributed by atoms with Crippen LogP contribution in [0.4, 0.5) is 22.0 Å². The van der Waals surface area contributed by atoms with Crippen LogP contribution in [0.5, 0.6) is 11.5 Å². The molecule has 1 atom stereocenters. The number of phosphoric ester groups is 1. The van der Waals surface area contributed by atoms with Crippen molar-refractivity contribution in [1.82, 2.24) is 0 Å². The minimum Gasteiger partial charge on any atom is -0.395 e. The number of para-hydroxylation sites is 1. The fraction of sp³-hybridized carbons (Fsp3) is 0.0769. The number of phosphoric acid groups is 1. The van der Waals surface area contributed by atoms with E-state index < -0.39 is 42.7 Å². The first-order chi connectivity index (χ1) is 10.8. The lowest BCUT2D eigenvalue weighted by atomic mass is 10.2. The van der Waals surface area contributed by atoms with E-state index in [-0.39, 0.29) is 12.4 Å². The third-order valence-electron chi connectivity index (χ3n) is 2.93. The molecular weight excluding hydrogens is 346 g/mol. The van der Waals surface area contributed by atoms with Gasteiger partial charge in [-0.15, -0.1) is 0 Å². The largest absolute Gasteiger partial charge is 0.588 e. The summed E-state index contributed by atoms with van der Waals surface area (Å²) in [5.41, 5.74) is 0.472. The maximum atomic E-state index is 13.5. The summed E-state index contributed by atoms with van der Waals surface area (Å²) in [4.78, 5) is 0. The smallest absolute Gasteiger partial charge is 0.395 e. The molecule has 0 spiro atoms. The molecule has 1 aliphatic rings. The molecule has 4 nitrogen and oxygen atoms in total. The standard InChI is InChI=1S/C13H6F5O4P/c14-8-9(15)11(17)13(12(18)10(8)16)22-23(19)20-5-6-3-1-2-4-7(6)21-23/h1-4H,5H2. The number of hydrogen-bond donors (Lipinski definition) is 0. The van der Waals surface area contributed by atoms with Crippen LogP contribution in [-0.2, 0) is 15.7 Å². The van der Waals surface area contributed by atoms with Gasteiger partial charge < -0.3 is 9.05 Å². The third kappa shape index (κ3) is 2.66. The molecule has 10 heteroatoms. The average molecular weight is 352 g/mol. The zero-order valence-corrected chi connectivity index (χ0v) is 11.9. The molecule has 2 aromatic rings. The molecule has 0 amide bonds. The van der Waals surface area contributed by atoms with Crippen LogP contribution in [0.25, 0.3) is 0 Å². The molecule has 2 aromatic carbocycles. The van der Waals surface area contributed by atoms with Crippen molar-refractivity contribution < 1.29 is 40.1 Å². The van der Waals surface area contributed by atoms with Crippen molar-refractivity contribution in [2.24, 2.45) is 0 Å². The highest BCUT2D eigenvalue weighted by Crippen LogP contribution is 2.55. The van der Waals surface area contributed by atoms with Crippen LogP contribution < -0.4 is 9.05 Å². The predicted octanol–water partition coefficient (Wildman–Crippen LogP) is 4.48. The Morgan fingerprint density at radius 2 is 1.48 bits per heavy atom. The Morgan fingerprint density at radius 3 is 2.13 bits per heavy atom. The number of benzene rings is 2. The highest BCUT2D eigenvalue weighted by atomic mass is 31.2. The van der Waals surface area contributed by atoms with Crippen molar-refractivity contribution in [3.8, 4) is 11.5 Å². The maximum absolute atomic E-state index is 13.5. The Kier molecular flexibility index (Phi) is 3.77. The van der Waals surface area contributed by atoms with Gasteiger partial charge in [-0.3, -0.25) is 4.52 Å². The fourth-order valence-corrected chi connectivity index (χ4v) is 3.07. The highest BCUT2D eigenvalue weighted by Gasteiger charge is 2.39. The van der Waals surface area contributed by atoms with Crippen molar-refractivity contribution >= 4 is 7.82 Å². The summed E-state index contributed by atoms with van der Waals surface area (Å²) in [6.45, 7) is -0.289. The van der Waals surface area contributed by atoms with Gasteiger partial charge in [-0.05, 0) is 6.07 Å². The second kappa shape index (κ2) is 5.50. The van der Waals surface area contributed by atoms with E-state index in [4.69, 9.17) is 9.05 Å². The molecule has 0 fully saturated rings. The molecule has 3 rings (SSSR count). The summed E-state index contributed by atoms with van der Waals surface area (Å²) >= 11 is 0. The van der Waals surface area contributed by atoms with Gasteiger partial charge >= 0.3 is 7.82 Å². The molecule has 1 heterocycles.